The summed E-state index contributed by atoms with van der Waals surface area (Å²) in [5, 5.41) is 3.33. The highest BCUT2D eigenvalue weighted by atomic mass is 15.3. The van der Waals surface area contributed by atoms with Gasteiger partial charge in [0.05, 0.1) is 6.54 Å². The molecular formula is C18H26N6. The van der Waals surface area contributed by atoms with Crippen LogP contribution >= 0.6 is 0 Å². The Hall–Kier alpha value is -2.63. The zero-order valence-electron chi connectivity index (χ0n) is 14.5. The number of guanidine groups is 1. The second-order valence-corrected chi connectivity index (χ2v) is 5.52. The molecular weight excluding hydrogens is 300 g/mol. The maximum absolute atomic E-state index is 4.70. The standard InChI is InChI=1S/C18H26N6/c1-4-6-7-11-23(3)18(20-5-2)22-14-16-8-9-17(21-13-16)24-12-10-19-15-24/h4,8-10,12-13,15H,1,5-7,11,14H2,2-3H3,(H,20,22). The number of rotatable bonds is 8. The molecule has 0 aliphatic carbocycles. The van der Waals surface area contributed by atoms with Crippen LogP contribution in [0.1, 0.15) is 25.3 Å². The van der Waals surface area contributed by atoms with Gasteiger partial charge in [-0.3, -0.25) is 4.57 Å². The molecule has 0 aliphatic rings. The Morgan fingerprint density at radius 3 is 2.96 bits per heavy atom. The molecule has 2 rings (SSSR count). The van der Waals surface area contributed by atoms with E-state index in [0.29, 0.717) is 6.54 Å². The highest BCUT2D eigenvalue weighted by Crippen LogP contribution is 2.07. The molecule has 0 fully saturated rings. The van der Waals surface area contributed by atoms with E-state index >= 15 is 0 Å². The normalized spacial score (nSPS) is 11.3. The van der Waals surface area contributed by atoms with Gasteiger partial charge in [-0.05, 0) is 31.4 Å². The number of imidazole rings is 1. The van der Waals surface area contributed by atoms with E-state index in [1.165, 1.54) is 0 Å². The van der Waals surface area contributed by atoms with E-state index in [-0.39, 0.29) is 0 Å². The number of nitrogens with zero attached hydrogens (tertiary/aromatic N) is 5. The first kappa shape index (κ1) is 17.7. The van der Waals surface area contributed by atoms with Crippen LogP contribution in [0.4, 0.5) is 0 Å². The number of hydrogen-bond acceptors (Lipinski definition) is 3. The van der Waals surface area contributed by atoms with E-state index in [9.17, 15) is 0 Å². The lowest BCUT2D eigenvalue weighted by molar-refractivity contribution is 0.470. The summed E-state index contributed by atoms with van der Waals surface area (Å²) in [5.41, 5.74) is 1.08. The predicted octanol–water partition coefficient (Wildman–Crippen LogP) is 2.63. The van der Waals surface area contributed by atoms with Crippen LogP contribution < -0.4 is 5.32 Å². The van der Waals surface area contributed by atoms with E-state index < -0.39 is 0 Å². The van der Waals surface area contributed by atoms with E-state index in [2.05, 4.69) is 40.7 Å². The lowest BCUT2D eigenvalue weighted by atomic mass is 10.3. The fraction of sp³-hybridized carbons (Fsp3) is 0.389. The number of pyridine rings is 1. The summed E-state index contributed by atoms with van der Waals surface area (Å²) in [4.78, 5) is 15.3. The van der Waals surface area contributed by atoms with Crippen molar-refractivity contribution in [3.63, 3.8) is 0 Å². The highest BCUT2D eigenvalue weighted by Gasteiger charge is 2.05. The molecule has 0 aliphatic heterocycles. The van der Waals surface area contributed by atoms with Gasteiger partial charge in [0.15, 0.2) is 5.96 Å². The van der Waals surface area contributed by atoms with Gasteiger partial charge in [-0.1, -0.05) is 12.1 Å². The number of hydrogen-bond donors (Lipinski definition) is 1. The summed E-state index contributed by atoms with van der Waals surface area (Å²) in [6.07, 6.45) is 11.3. The van der Waals surface area contributed by atoms with E-state index in [1.807, 2.05) is 35.2 Å². The molecule has 0 saturated heterocycles. The third kappa shape index (κ3) is 5.22. The summed E-state index contributed by atoms with van der Waals surface area (Å²) in [7, 11) is 2.06. The molecule has 0 amide bonds. The third-order valence-corrected chi connectivity index (χ3v) is 3.59. The van der Waals surface area contributed by atoms with Crippen molar-refractivity contribution in [2.45, 2.75) is 26.3 Å². The van der Waals surface area contributed by atoms with Crippen molar-refractivity contribution in [1.82, 2.24) is 24.8 Å². The fourth-order valence-electron chi connectivity index (χ4n) is 2.27. The maximum Gasteiger partial charge on any atom is 0.193 e. The van der Waals surface area contributed by atoms with Crippen molar-refractivity contribution in [1.29, 1.82) is 0 Å². The summed E-state index contributed by atoms with van der Waals surface area (Å²) < 4.78 is 1.88. The topological polar surface area (TPSA) is 58.3 Å². The number of aromatic nitrogens is 3. The van der Waals surface area contributed by atoms with Crippen LogP contribution in [0.25, 0.3) is 5.82 Å². The number of aliphatic imine (C=N–C) groups is 1. The van der Waals surface area contributed by atoms with Crippen LogP contribution in [0.3, 0.4) is 0 Å². The van der Waals surface area contributed by atoms with Crippen LogP contribution in [-0.4, -0.2) is 45.5 Å². The van der Waals surface area contributed by atoms with Gasteiger partial charge in [0.25, 0.3) is 0 Å². The van der Waals surface area contributed by atoms with Crippen LogP contribution in [0.5, 0.6) is 0 Å². The number of allylic oxidation sites excluding steroid dienone is 1. The first-order valence-electron chi connectivity index (χ1n) is 8.28. The molecule has 0 spiro atoms. The summed E-state index contributed by atoms with van der Waals surface area (Å²) in [6, 6.07) is 4.03. The number of nitrogens with one attached hydrogen (secondary N) is 1. The quantitative estimate of drug-likeness (QED) is 0.351. The first-order valence-corrected chi connectivity index (χ1v) is 8.28. The minimum Gasteiger partial charge on any atom is -0.357 e. The summed E-state index contributed by atoms with van der Waals surface area (Å²) in [6.45, 7) is 8.25. The molecule has 2 heterocycles. The Labute approximate surface area is 144 Å². The Bertz CT molecular complexity index is 630. The Morgan fingerprint density at radius 2 is 2.33 bits per heavy atom. The zero-order chi connectivity index (χ0) is 17.2. The lowest BCUT2D eigenvalue weighted by Crippen LogP contribution is -2.39. The summed E-state index contributed by atoms with van der Waals surface area (Å²) in [5.74, 6) is 1.77. The van der Waals surface area contributed by atoms with Crippen molar-refractivity contribution >= 4 is 5.96 Å². The minimum absolute atomic E-state index is 0.603. The van der Waals surface area contributed by atoms with Gasteiger partial charge in [-0.25, -0.2) is 15.0 Å². The van der Waals surface area contributed by atoms with E-state index in [1.54, 1.807) is 12.5 Å². The molecule has 6 nitrogen and oxygen atoms in total. The average molecular weight is 326 g/mol. The molecule has 6 heteroatoms. The second kappa shape index (κ2) is 9.50. The van der Waals surface area contributed by atoms with Gasteiger partial charge in [0.2, 0.25) is 0 Å². The van der Waals surface area contributed by atoms with Crippen LogP contribution in [0.15, 0.2) is 54.7 Å². The Kier molecular flexibility index (Phi) is 7.01. The van der Waals surface area contributed by atoms with Crippen LogP contribution in [-0.2, 0) is 6.54 Å². The lowest BCUT2D eigenvalue weighted by Gasteiger charge is -2.21. The molecule has 0 bridgehead atoms. The molecule has 1 N–H and O–H groups in total. The number of unbranched alkanes of at least 4 members (excludes halogenated alkanes) is 1. The molecule has 0 unspecified atom stereocenters. The molecule has 128 valence electrons. The molecule has 2 aromatic heterocycles. The first-order chi connectivity index (χ1) is 11.7. The zero-order valence-corrected chi connectivity index (χ0v) is 14.5. The molecule has 0 aromatic carbocycles. The van der Waals surface area contributed by atoms with Gasteiger partial charge in [0.1, 0.15) is 12.1 Å². The highest BCUT2D eigenvalue weighted by molar-refractivity contribution is 5.79. The van der Waals surface area contributed by atoms with Gasteiger partial charge in [-0.2, -0.15) is 0 Å². The monoisotopic (exact) mass is 326 g/mol. The Balaban J connectivity index is 1.98. The third-order valence-electron chi connectivity index (χ3n) is 3.59. The molecule has 24 heavy (non-hydrogen) atoms. The van der Waals surface area contributed by atoms with Crippen molar-refractivity contribution in [3.05, 3.63) is 55.3 Å². The second-order valence-electron chi connectivity index (χ2n) is 5.52. The molecule has 0 saturated carbocycles. The SMILES string of the molecule is C=CCCCN(C)C(=NCc1ccc(-n2ccnc2)nc1)NCC. The average Bonchev–Trinajstić information content (AvgIpc) is 3.14. The molecule has 0 atom stereocenters. The maximum atomic E-state index is 4.70. The van der Waals surface area contributed by atoms with E-state index in [0.717, 1.165) is 43.3 Å². The van der Waals surface area contributed by atoms with Gasteiger partial charge < -0.3 is 10.2 Å². The van der Waals surface area contributed by atoms with Crippen LogP contribution in [0.2, 0.25) is 0 Å². The Morgan fingerprint density at radius 1 is 1.46 bits per heavy atom. The van der Waals surface area contributed by atoms with Crippen LogP contribution in [0, 0.1) is 0 Å². The summed E-state index contributed by atoms with van der Waals surface area (Å²) >= 11 is 0. The van der Waals surface area contributed by atoms with Crippen molar-refractivity contribution in [2.24, 2.45) is 4.99 Å². The fourth-order valence-corrected chi connectivity index (χ4v) is 2.27. The van der Waals surface area contributed by atoms with E-state index in [4.69, 9.17) is 4.99 Å². The van der Waals surface area contributed by atoms with Gasteiger partial charge >= 0.3 is 0 Å². The molecule has 2 aromatic rings. The largest absolute Gasteiger partial charge is 0.357 e. The van der Waals surface area contributed by atoms with Crippen molar-refractivity contribution in [2.75, 3.05) is 20.1 Å². The smallest absolute Gasteiger partial charge is 0.193 e. The van der Waals surface area contributed by atoms with Crippen molar-refractivity contribution in [3.8, 4) is 5.82 Å². The minimum atomic E-state index is 0.603. The van der Waals surface area contributed by atoms with Gasteiger partial charge in [-0.15, -0.1) is 6.58 Å². The van der Waals surface area contributed by atoms with Crippen molar-refractivity contribution < 1.29 is 0 Å². The molecule has 0 radical (unpaired) electrons. The predicted molar refractivity (Wildman–Crippen MR) is 98.2 cm³/mol. The van der Waals surface area contributed by atoms with Gasteiger partial charge in [0, 0.05) is 38.7 Å².